The molecule has 5 heteroatoms. The van der Waals surface area contributed by atoms with Gasteiger partial charge in [-0.3, -0.25) is 9.67 Å². The Kier molecular flexibility index (Phi) is 3.20. The highest BCUT2D eigenvalue weighted by Gasteiger charge is 2.14. The number of pyridine rings is 1. The standard InChI is InChI=1S/C15H15FN4/c1-20-15-5-3-2-4-12(15)14(19-20)7-13(17)10-6-11(16)9-18-8-10/h2-6,8-9,13H,7,17H2,1H3. The Hall–Kier alpha value is -2.27. The van der Waals surface area contributed by atoms with Crippen molar-refractivity contribution in [3.05, 3.63) is 59.8 Å². The van der Waals surface area contributed by atoms with E-state index in [9.17, 15) is 4.39 Å². The molecule has 2 heterocycles. The molecule has 0 saturated heterocycles. The van der Waals surface area contributed by atoms with Crippen LogP contribution >= 0.6 is 0 Å². The van der Waals surface area contributed by atoms with E-state index in [4.69, 9.17) is 5.73 Å². The van der Waals surface area contributed by atoms with Gasteiger partial charge in [0.25, 0.3) is 0 Å². The van der Waals surface area contributed by atoms with E-state index < -0.39 is 0 Å². The fourth-order valence-electron chi connectivity index (χ4n) is 2.40. The van der Waals surface area contributed by atoms with Gasteiger partial charge in [-0.25, -0.2) is 4.39 Å². The number of hydrogen-bond acceptors (Lipinski definition) is 3. The summed E-state index contributed by atoms with van der Waals surface area (Å²) in [6.45, 7) is 0. The summed E-state index contributed by atoms with van der Waals surface area (Å²) in [6.07, 6.45) is 3.32. The van der Waals surface area contributed by atoms with Gasteiger partial charge in [0, 0.05) is 31.1 Å². The van der Waals surface area contributed by atoms with Crippen LogP contribution in [0.15, 0.2) is 42.7 Å². The average Bonchev–Trinajstić information content (AvgIpc) is 2.76. The lowest BCUT2D eigenvalue weighted by Gasteiger charge is -2.10. The molecule has 0 aliphatic rings. The normalized spacial score (nSPS) is 12.8. The topological polar surface area (TPSA) is 56.7 Å². The van der Waals surface area contributed by atoms with Crippen LogP contribution in [0.2, 0.25) is 0 Å². The van der Waals surface area contributed by atoms with Gasteiger partial charge in [0.2, 0.25) is 0 Å². The smallest absolute Gasteiger partial charge is 0.141 e. The Bertz CT molecular complexity index is 750. The fraction of sp³-hybridized carbons (Fsp3) is 0.200. The Labute approximate surface area is 116 Å². The second kappa shape index (κ2) is 5.02. The van der Waals surface area contributed by atoms with E-state index in [1.807, 2.05) is 36.0 Å². The van der Waals surface area contributed by atoms with E-state index in [0.29, 0.717) is 12.0 Å². The molecule has 0 aliphatic heterocycles. The number of benzene rings is 1. The van der Waals surface area contributed by atoms with E-state index in [0.717, 1.165) is 16.6 Å². The molecule has 1 atom stereocenters. The Morgan fingerprint density at radius 1 is 1.30 bits per heavy atom. The molecule has 0 saturated carbocycles. The number of rotatable bonds is 3. The summed E-state index contributed by atoms with van der Waals surface area (Å²) in [5.41, 5.74) is 8.80. The minimum absolute atomic E-state index is 0.323. The Morgan fingerprint density at radius 3 is 2.90 bits per heavy atom. The van der Waals surface area contributed by atoms with Gasteiger partial charge in [0.15, 0.2) is 0 Å². The largest absolute Gasteiger partial charge is 0.324 e. The highest BCUT2D eigenvalue weighted by molar-refractivity contribution is 5.81. The molecule has 3 aromatic rings. The van der Waals surface area contributed by atoms with Gasteiger partial charge in [-0.2, -0.15) is 5.10 Å². The summed E-state index contributed by atoms with van der Waals surface area (Å²) in [5, 5.41) is 5.58. The summed E-state index contributed by atoms with van der Waals surface area (Å²) >= 11 is 0. The van der Waals surface area contributed by atoms with Crippen molar-refractivity contribution in [1.29, 1.82) is 0 Å². The first-order valence-corrected chi connectivity index (χ1v) is 6.42. The predicted molar refractivity (Wildman–Crippen MR) is 75.5 cm³/mol. The molecular formula is C15H15FN4. The third kappa shape index (κ3) is 2.28. The fourth-order valence-corrected chi connectivity index (χ4v) is 2.40. The van der Waals surface area contributed by atoms with Gasteiger partial charge in [0.1, 0.15) is 5.82 Å². The van der Waals surface area contributed by atoms with E-state index in [1.54, 1.807) is 6.20 Å². The SMILES string of the molecule is Cn1nc(CC(N)c2cncc(F)c2)c2ccccc21. The van der Waals surface area contributed by atoms with Crippen molar-refractivity contribution in [2.45, 2.75) is 12.5 Å². The monoisotopic (exact) mass is 270 g/mol. The first-order valence-electron chi connectivity index (χ1n) is 6.42. The number of aryl methyl sites for hydroxylation is 1. The van der Waals surface area contributed by atoms with Crippen LogP contribution in [-0.4, -0.2) is 14.8 Å². The zero-order chi connectivity index (χ0) is 14.1. The molecule has 0 spiro atoms. The van der Waals surface area contributed by atoms with Crippen molar-refractivity contribution in [1.82, 2.24) is 14.8 Å². The van der Waals surface area contributed by atoms with Gasteiger partial charge < -0.3 is 5.73 Å². The van der Waals surface area contributed by atoms with Crippen LogP contribution in [0, 0.1) is 5.82 Å². The van der Waals surface area contributed by atoms with Crippen molar-refractivity contribution in [3.63, 3.8) is 0 Å². The van der Waals surface area contributed by atoms with Crippen molar-refractivity contribution >= 4 is 10.9 Å². The molecular weight excluding hydrogens is 255 g/mol. The predicted octanol–water partition coefficient (Wildman–Crippen LogP) is 2.35. The van der Waals surface area contributed by atoms with Gasteiger partial charge in [-0.05, 0) is 17.7 Å². The number of fused-ring (bicyclic) bond motifs is 1. The van der Waals surface area contributed by atoms with Crippen molar-refractivity contribution in [3.8, 4) is 0 Å². The summed E-state index contributed by atoms with van der Waals surface area (Å²) in [5.74, 6) is -0.371. The van der Waals surface area contributed by atoms with Crippen LogP contribution in [0.5, 0.6) is 0 Å². The molecule has 0 bridgehead atoms. The number of aromatic nitrogens is 3. The van der Waals surface area contributed by atoms with Crippen molar-refractivity contribution < 1.29 is 4.39 Å². The maximum atomic E-state index is 13.2. The highest BCUT2D eigenvalue weighted by Crippen LogP contribution is 2.22. The summed E-state index contributed by atoms with van der Waals surface area (Å²) in [6, 6.07) is 9.09. The number of para-hydroxylation sites is 1. The minimum Gasteiger partial charge on any atom is -0.324 e. The molecule has 1 unspecified atom stereocenters. The summed E-state index contributed by atoms with van der Waals surface area (Å²) in [4.78, 5) is 3.83. The molecule has 1 aromatic carbocycles. The van der Waals surface area contributed by atoms with Crippen LogP contribution in [0.1, 0.15) is 17.3 Å². The number of halogens is 1. The lowest BCUT2D eigenvalue weighted by atomic mass is 10.0. The molecule has 0 fully saturated rings. The third-order valence-electron chi connectivity index (χ3n) is 3.40. The third-order valence-corrected chi connectivity index (χ3v) is 3.40. The number of nitrogens with zero attached hydrogens (tertiary/aromatic N) is 3. The van der Waals surface area contributed by atoms with Crippen molar-refractivity contribution in [2.75, 3.05) is 0 Å². The van der Waals surface area contributed by atoms with Gasteiger partial charge in [-0.15, -0.1) is 0 Å². The number of nitrogens with two attached hydrogens (primary N) is 1. The Balaban J connectivity index is 1.93. The van der Waals surface area contributed by atoms with Gasteiger partial charge in [-0.1, -0.05) is 18.2 Å². The molecule has 0 amide bonds. The lowest BCUT2D eigenvalue weighted by molar-refractivity contribution is 0.608. The van der Waals surface area contributed by atoms with Crippen LogP contribution in [0.3, 0.4) is 0 Å². The molecule has 3 rings (SSSR count). The summed E-state index contributed by atoms with van der Waals surface area (Å²) in [7, 11) is 1.90. The molecule has 2 N–H and O–H groups in total. The Morgan fingerprint density at radius 2 is 2.10 bits per heavy atom. The lowest BCUT2D eigenvalue weighted by Crippen LogP contribution is -2.14. The van der Waals surface area contributed by atoms with Gasteiger partial charge in [0.05, 0.1) is 17.4 Å². The number of hydrogen-bond donors (Lipinski definition) is 1. The van der Waals surface area contributed by atoms with Crippen molar-refractivity contribution in [2.24, 2.45) is 12.8 Å². The molecule has 102 valence electrons. The van der Waals surface area contributed by atoms with Gasteiger partial charge >= 0.3 is 0 Å². The molecule has 4 nitrogen and oxygen atoms in total. The zero-order valence-corrected chi connectivity index (χ0v) is 11.1. The second-order valence-electron chi connectivity index (χ2n) is 4.83. The molecule has 0 radical (unpaired) electrons. The first-order chi connectivity index (χ1) is 9.65. The van der Waals surface area contributed by atoms with E-state index in [2.05, 4.69) is 10.1 Å². The zero-order valence-electron chi connectivity index (χ0n) is 11.1. The quantitative estimate of drug-likeness (QED) is 0.794. The molecule has 0 aliphatic carbocycles. The highest BCUT2D eigenvalue weighted by atomic mass is 19.1. The second-order valence-corrected chi connectivity index (χ2v) is 4.83. The first kappa shape index (κ1) is 12.7. The van der Waals surface area contributed by atoms with E-state index in [1.165, 1.54) is 12.3 Å². The van der Waals surface area contributed by atoms with Crippen LogP contribution < -0.4 is 5.73 Å². The molecule has 2 aromatic heterocycles. The maximum Gasteiger partial charge on any atom is 0.141 e. The van der Waals surface area contributed by atoms with E-state index >= 15 is 0 Å². The maximum absolute atomic E-state index is 13.2. The summed E-state index contributed by atoms with van der Waals surface area (Å²) < 4.78 is 15.0. The van der Waals surface area contributed by atoms with Crippen LogP contribution in [0.4, 0.5) is 4.39 Å². The van der Waals surface area contributed by atoms with Crippen LogP contribution in [-0.2, 0) is 13.5 Å². The molecule has 20 heavy (non-hydrogen) atoms. The van der Waals surface area contributed by atoms with Crippen LogP contribution in [0.25, 0.3) is 10.9 Å². The van der Waals surface area contributed by atoms with E-state index in [-0.39, 0.29) is 11.9 Å². The average molecular weight is 270 g/mol. The minimum atomic E-state index is -0.371.